The maximum atomic E-state index is 5.49. The number of hydrogen-bond acceptors (Lipinski definition) is 2. The lowest BCUT2D eigenvalue weighted by Crippen LogP contribution is -2.06. The normalized spacial score (nSPS) is 12.1. The summed E-state index contributed by atoms with van der Waals surface area (Å²) in [6.45, 7) is 0. The third-order valence-corrected chi connectivity index (χ3v) is 14.1. The Labute approximate surface area is 389 Å². The number of benzene rings is 10. The topological polar surface area (TPSA) is 45.0 Å². The minimum Gasteiger partial charge on any atom is -0.309 e. The summed E-state index contributed by atoms with van der Waals surface area (Å²) in [6.07, 6.45) is 0. The molecular weight excluding hydrogens is 829 g/mol. The van der Waals surface area contributed by atoms with Crippen LogP contribution < -0.4 is 0 Å². The summed E-state index contributed by atoms with van der Waals surface area (Å²) in [4.78, 5) is 10.7. The highest BCUT2D eigenvalue weighted by Gasteiger charge is 2.22. The molecule has 5 heterocycles. The molecule has 15 aromatic rings. The predicted octanol–water partition coefficient (Wildman–Crippen LogP) is 15.7. The summed E-state index contributed by atoms with van der Waals surface area (Å²) >= 11 is 0. The van der Waals surface area contributed by atoms with Crippen molar-refractivity contribution < 1.29 is 0 Å². The molecule has 10 aromatic carbocycles. The van der Waals surface area contributed by atoms with E-state index in [0.29, 0.717) is 0 Å². The fourth-order valence-electron chi connectivity index (χ4n) is 11.1. The van der Waals surface area contributed by atoms with Gasteiger partial charge in [0.25, 0.3) is 0 Å². The molecule has 0 aliphatic heterocycles. The van der Waals surface area contributed by atoms with Gasteiger partial charge in [-0.3, -0.25) is 8.97 Å². The van der Waals surface area contributed by atoms with Gasteiger partial charge in [0.2, 0.25) is 5.95 Å². The Hall–Kier alpha value is -9.26. The zero-order valence-corrected chi connectivity index (χ0v) is 36.6. The maximum absolute atomic E-state index is 5.49. The van der Waals surface area contributed by atoms with E-state index in [9.17, 15) is 0 Å². The third kappa shape index (κ3) is 5.28. The fraction of sp³-hybridized carbons (Fsp3) is 0. The highest BCUT2D eigenvalue weighted by molar-refractivity contribution is 6.15. The number of aromatic nitrogens is 6. The second-order valence-corrected chi connectivity index (χ2v) is 17.8. The van der Waals surface area contributed by atoms with E-state index in [2.05, 4.69) is 249 Å². The van der Waals surface area contributed by atoms with Gasteiger partial charge in [0.1, 0.15) is 5.65 Å². The maximum Gasteiger partial charge on any atom is 0.221 e. The quantitative estimate of drug-likeness (QED) is 0.173. The molecule has 6 nitrogen and oxygen atoms in total. The molecule has 0 N–H and O–H groups in total. The summed E-state index contributed by atoms with van der Waals surface area (Å²) in [5.74, 6) is 0.804. The van der Waals surface area contributed by atoms with E-state index in [1.54, 1.807) is 0 Å². The predicted molar refractivity (Wildman–Crippen MR) is 282 cm³/mol. The first-order valence-corrected chi connectivity index (χ1v) is 23.2. The van der Waals surface area contributed by atoms with Gasteiger partial charge in [0.05, 0.1) is 49.7 Å². The highest BCUT2D eigenvalue weighted by atomic mass is 15.2. The second-order valence-electron chi connectivity index (χ2n) is 17.8. The van der Waals surface area contributed by atoms with Gasteiger partial charge < -0.3 is 9.13 Å². The average Bonchev–Trinajstić information content (AvgIpc) is 4.15. The van der Waals surface area contributed by atoms with E-state index < -0.39 is 0 Å². The van der Waals surface area contributed by atoms with Crippen LogP contribution in [0.2, 0.25) is 0 Å². The largest absolute Gasteiger partial charge is 0.309 e. The number of nitrogens with zero attached hydrogens (tertiary/aromatic N) is 6. The van der Waals surface area contributed by atoms with E-state index in [0.717, 1.165) is 77.8 Å². The number of rotatable bonds is 5. The minimum absolute atomic E-state index is 0.804. The summed E-state index contributed by atoms with van der Waals surface area (Å²) in [5.41, 5.74) is 17.6. The van der Waals surface area contributed by atoms with Crippen LogP contribution >= 0.6 is 0 Å². The summed E-state index contributed by atoms with van der Waals surface area (Å²) in [5, 5.41) is 8.25. The SMILES string of the molecule is c1ccc(-n2c3ccccc3c3cc(-c4ccc5c(c4)c4cc(-c6ccc7c(c6)c6ccccc6n7-c6ccccc6)ccc4n5-c4nc5ccccc5c5nc6ccccc6n45)ccc32)cc1. The van der Waals surface area contributed by atoms with Gasteiger partial charge in [-0.1, -0.05) is 121 Å². The van der Waals surface area contributed by atoms with E-state index >= 15 is 0 Å². The molecule has 0 unspecified atom stereocenters. The van der Waals surface area contributed by atoms with Gasteiger partial charge in [0, 0.05) is 49.1 Å². The van der Waals surface area contributed by atoms with Crippen molar-refractivity contribution in [3.63, 3.8) is 0 Å². The molecule has 0 aliphatic rings. The van der Waals surface area contributed by atoms with Gasteiger partial charge in [-0.15, -0.1) is 0 Å². The Morgan fingerprint density at radius 2 is 0.618 bits per heavy atom. The lowest BCUT2D eigenvalue weighted by molar-refractivity contribution is 0.979. The summed E-state index contributed by atoms with van der Waals surface area (Å²) < 4.78 is 9.34. The number of hydrogen-bond donors (Lipinski definition) is 0. The Balaban J connectivity index is 0.987. The van der Waals surface area contributed by atoms with E-state index in [4.69, 9.17) is 9.97 Å². The first-order valence-electron chi connectivity index (χ1n) is 23.2. The molecule has 15 rings (SSSR count). The first kappa shape index (κ1) is 37.0. The van der Waals surface area contributed by atoms with E-state index in [1.807, 2.05) is 0 Å². The van der Waals surface area contributed by atoms with Gasteiger partial charge in [-0.25, -0.2) is 9.97 Å². The molecule has 0 spiro atoms. The zero-order chi connectivity index (χ0) is 44.5. The molecule has 68 heavy (non-hydrogen) atoms. The first-order chi connectivity index (χ1) is 33.7. The summed E-state index contributed by atoms with van der Waals surface area (Å²) in [6, 6.07) is 83.3. The molecule has 316 valence electrons. The van der Waals surface area contributed by atoms with Gasteiger partial charge in [-0.2, -0.15) is 0 Å². The molecular formula is C62H38N6. The van der Waals surface area contributed by atoms with Gasteiger partial charge in [0.15, 0.2) is 0 Å². The Morgan fingerprint density at radius 3 is 1.12 bits per heavy atom. The van der Waals surface area contributed by atoms with Crippen LogP contribution in [0.4, 0.5) is 0 Å². The lowest BCUT2D eigenvalue weighted by atomic mass is 9.98. The van der Waals surface area contributed by atoms with Crippen LogP contribution in [-0.2, 0) is 0 Å². The monoisotopic (exact) mass is 866 g/mol. The zero-order valence-electron chi connectivity index (χ0n) is 36.6. The molecule has 0 amide bonds. The third-order valence-electron chi connectivity index (χ3n) is 14.1. The molecule has 5 aromatic heterocycles. The highest BCUT2D eigenvalue weighted by Crippen LogP contribution is 2.42. The van der Waals surface area contributed by atoms with Crippen molar-refractivity contribution in [2.45, 2.75) is 0 Å². The van der Waals surface area contributed by atoms with Gasteiger partial charge >= 0.3 is 0 Å². The van der Waals surface area contributed by atoms with E-state index in [1.165, 1.54) is 54.7 Å². The molecule has 0 atom stereocenters. The van der Waals surface area contributed by atoms with Crippen LogP contribution in [0.25, 0.3) is 133 Å². The smallest absolute Gasteiger partial charge is 0.221 e. The van der Waals surface area contributed by atoms with Crippen molar-refractivity contribution in [1.29, 1.82) is 0 Å². The Morgan fingerprint density at radius 1 is 0.250 bits per heavy atom. The molecule has 6 heteroatoms. The van der Waals surface area contributed by atoms with Crippen LogP contribution in [0.15, 0.2) is 231 Å². The second kappa shape index (κ2) is 14.1. The minimum atomic E-state index is 0.804. The molecule has 0 radical (unpaired) electrons. The molecule has 0 aliphatic carbocycles. The Kier molecular flexibility index (Phi) is 7.69. The van der Waals surface area contributed by atoms with Crippen molar-refractivity contribution in [3.05, 3.63) is 231 Å². The lowest BCUT2D eigenvalue weighted by Gasteiger charge is -2.13. The molecule has 0 bridgehead atoms. The fourth-order valence-corrected chi connectivity index (χ4v) is 11.1. The Bertz CT molecular complexity index is 4340. The van der Waals surface area contributed by atoms with Crippen molar-refractivity contribution in [2.24, 2.45) is 0 Å². The van der Waals surface area contributed by atoms with Crippen molar-refractivity contribution in [1.82, 2.24) is 28.1 Å². The molecule has 0 fully saturated rings. The average molecular weight is 867 g/mol. The van der Waals surface area contributed by atoms with Crippen molar-refractivity contribution >= 4 is 93.0 Å². The number of fused-ring (bicyclic) bond motifs is 14. The van der Waals surface area contributed by atoms with Gasteiger partial charge in [-0.05, 0) is 131 Å². The van der Waals surface area contributed by atoms with Crippen LogP contribution in [0, 0.1) is 0 Å². The standard InChI is InChI=1S/C62H38N6/c1-3-15-43(16-4-1)65-54-24-12-8-19-45(54)48-35-39(27-31-56(48)65)41-29-33-58-50(37-41)51-38-42(40-28-32-57-49(36-40)46-20-9-13-25-55(46)66(57)44-17-5-2-6-18-44)30-34-59(51)67(58)62-64-52-22-10-7-21-47(52)61-63-53-23-11-14-26-60(53)68(61)62/h1-38H. The molecule has 0 saturated heterocycles. The van der Waals surface area contributed by atoms with Crippen LogP contribution in [0.1, 0.15) is 0 Å². The van der Waals surface area contributed by atoms with Crippen LogP contribution in [-0.4, -0.2) is 28.1 Å². The number of imidazole rings is 1. The summed E-state index contributed by atoms with van der Waals surface area (Å²) in [7, 11) is 0. The van der Waals surface area contributed by atoms with Crippen LogP contribution in [0.3, 0.4) is 0 Å². The van der Waals surface area contributed by atoms with E-state index in [-0.39, 0.29) is 0 Å². The van der Waals surface area contributed by atoms with Crippen molar-refractivity contribution in [2.75, 3.05) is 0 Å². The van der Waals surface area contributed by atoms with Crippen molar-refractivity contribution in [3.8, 4) is 39.6 Å². The molecule has 0 saturated carbocycles. The van der Waals surface area contributed by atoms with Crippen LogP contribution in [0.5, 0.6) is 0 Å². The number of para-hydroxylation sites is 7.